The van der Waals surface area contributed by atoms with Crippen LogP contribution in [0.25, 0.3) is 0 Å². The van der Waals surface area contributed by atoms with E-state index in [0.29, 0.717) is 0 Å². The van der Waals surface area contributed by atoms with Crippen molar-refractivity contribution in [3.05, 3.63) is 23.2 Å². The van der Waals surface area contributed by atoms with Gasteiger partial charge < -0.3 is 5.32 Å². The Morgan fingerprint density at radius 3 is 2.94 bits per heavy atom. The number of amides is 1. The van der Waals surface area contributed by atoms with E-state index in [0.717, 1.165) is 25.6 Å². The summed E-state index contributed by atoms with van der Waals surface area (Å²) in [6.07, 6.45) is 6.48. The summed E-state index contributed by atoms with van der Waals surface area (Å²) in [5, 5.41) is 3.24. The lowest BCUT2D eigenvalue weighted by atomic mass is 10.2. The van der Waals surface area contributed by atoms with Gasteiger partial charge in [0.25, 0.3) is 5.91 Å². The summed E-state index contributed by atoms with van der Waals surface area (Å²) in [5.41, 5.74) is 0.285. The first kappa shape index (κ1) is 11.9. The van der Waals surface area contributed by atoms with Crippen molar-refractivity contribution in [3.8, 4) is 0 Å². The summed E-state index contributed by atoms with van der Waals surface area (Å²) >= 11 is 5.72. The Morgan fingerprint density at radius 2 is 2.22 bits per heavy atom. The second-order valence-electron chi connectivity index (χ2n) is 4.91. The number of nitrogens with one attached hydrogen (secondary N) is 1. The minimum atomic E-state index is -0.187. The smallest absolute Gasteiger partial charge is 0.271 e. The molecule has 96 valence electrons. The number of hydrogen-bond acceptors (Lipinski definition) is 4. The average molecular weight is 267 g/mol. The number of carbonyl (C=O) groups is 1. The SMILES string of the molecule is O=C(NC1CCN(C2CC2)C1)c1cncc(Cl)n1. The summed E-state index contributed by atoms with van der Waals surface area (Å²) in [7, 11) is 0. The van der Waals surface area contributed by atoms with Crippen molar-refractivity contribution < 1.29 is 4.79 Å². The number of hydrogen-bond donors (Lipinski definition) is 1. The van der Waals surface area contributed by atoms with E-state index in [-0.39, 0.29) is 22.8 Å². The molecule has 6 heteroatoms. The van der Waals surface area contributed by atoms with E-state index >= 15 is 0 Å². The Labute approximate surface area is 111 Å². The topological polar surface area (TPSA) is 58.1 Å². The zero-order chi connectivity index (χ0) is 12.5. The van der Waals surface area contributed by atoms with Crippen LogP contribution in [0.1, 0.15) is 29.8 Å². The van der Waals surface area contributed by atoms with E-state index in [2.05, 4.69) is 20.2 Å². The van der Waals surface area contributed by atoms with Crippen molar-refractivity contribution >= 4 is 17.5 Å². The minimum Gasteiger partial charge on any atom is -0.347 e. The Balaban J connectivity index is 1.58. The second kappa shape index (κ2) is 4.82. The van der Waals surface area contributed by atoms with Gasteiger partial charge in [-0.05, 0) is 19.3 Å². The average Bonchev–Trinajstić information content (AvgIpc) is 3.11. The van der Waals surface area contributed by atoms with Crippen LogP contribution >= 0.6 is 11.6 Å². The van der Waals surface area contributed by atoms with Crippen LogP contribution < -0.4 is 5.32 Å². The van der Waals surface area contributed by atoms with Crippen LogP contribution in [0.4, 0.5) is 0 Å². The molecule has 0 bridgehead atoms. The molecule has 2 aliphatic rings. The van der Waals surface area contributed by atoms with Crippen LogP contribution in [0.3, 0.4) is 0 Å². The van der Waals surface area contributed by atoms with Crippen LogP contribution in [0.15, 0.2) is 12.4 Å². The summed E-state index contributed by atoms with van der Waals surface area (Å²) < 4.78 is 0. The van der Waals surface area contributed by atoms with Crippen molar-refractivity contribution in [2.24, 2.45) is 0 Å². The number of likely N-dealkylation sites (tertiary alicyclic amines) is 1. The van der Waals surface area contributed by atoms with Gasteiger partial charge in [0, 0.05) is 25.2 Å². The van der Waals surface area contributed by atoms with Gasteiger partial charge in [-0.1, -0.05) is 11.6 Å². The van der Waals surface area contributed by atoms with Gasteiger partial charge in [-0.2, -0.15) is 0 Å². The molecule has 1 aromatic rings. The Morgan fingerprint density at radius 1 is 1.39 bits per heavy atom. The zero-order valence-corrected chi connectivity index (χ0v) is 10.7. The van der Waals surface area contributed by atoms with Gasteiger partial charge in [0.1, 0.15) is 10.8 Å². The van der Waals surface area contributed by atoms with Crippen LogP contribution in [-0.2, 0) is 0 Å². The normalized spacial score (nSPS) is 24.2. The van der Waals surface area contributed by atoms with Crippen molar-refractivity contribution in [1.82, 2.24) is 20.2 Å². The highest BCUT2D eigenvalue weighted by Crippen LogP contribution is 2.29. The molecule has 1 N–H and O–H groups in total. The third kappa shape index (κ3) is 2.62. The highest BCUT2D eigenvalue weighted by Gasteiger charge is 2.34. The Hall–Kier alpha value is -1.20. The molecular weight excluding hydrogens is 252 g/mol. The third-order valence-electron chi connectivity index (χ3n) is 3.46. The molecule has 1 aliphatic carbocycles. The largest absolute Gasteiger partial charge is 0.347 e. The highest BCUT2D eigenvalue weighted by atomic mass is 35.5. The molecule has 3 rings (SSSR count). The molecule has 5 nitrogen and oxygen atoms in total. The van der Waals surface area contributed by atoms with E-state index < -0.39 is 0 Å². The molecule has 1 aromatic heterocycles. The number of carbonyl (C=O) groups excluding carboxylic acids is 1. The third-order valence-corrected chi connectivity index (χ3v) is 3.64. The van der Waals surface area contributed by atoms with E-state index in [1.807, 2.05) is 0 Å². The number of nitrogens with zero attached hydrogens (tertiary/aromatic N) is 3. The lowest BCUT2D eigenvalue weighted by Gasteiger charge is -2.15. The first-order chi connectivity index (χ1) is 8.72. The van der Waals surface area contributed by atoms with E-state index in [1.165, 1.54) is 25.2 Å². The summed E-state index contributed by atoms with van der Waals surface area (Å²) in [6, 6.07) is 0.983. The molecule has 1 aliphatic heterocycles. The van der Waals surface area contributed by atoms with E-state index in [4.69, 9.17) is 11.6 Å². The molecular formula is C12H15ClN4O. The number of rotatable bonds is 3. The molecule has 1 saturated carbocycles. The molecule has 1 amide bonds. The maximum Gasteiger partial charge on any atom is 0.271 e. The first-order valence-corrected chi connectivity index (χ1v) is 6.62. The summed E-state index contributed by atoms with van der Waals surface area (Å²) in [4.78, 5) is 22.2. The minimum absolute atomic E-state index is 0.187. The fourth-order valence-corrected chi connectivity index (χ4v) is 2.53. The Kier molecular flexibility index (Phi) is 3.18. The summed E-state index contributed by atoms with van der Waals surface area (Å²) in [5.74, 6) is -0.187. The molecule has 0 spiro atoms. The van der Waals surface area contributed by atoms with Crippen molar-refractivity contribution in [2.75, 3.05) is 13.1 Å². The van der Waals surface area contributed by atoms with Crippen molar-refractivity contribution in [3.63, 3.8) is 0 Å². The lowest BCUT2D eigenvalue weighted by Crippen LogP contribution is -2.37. The monoisotopic (exact) mass is 266 g/mol. The van der Waals surface area contributed by atoms with Gasteiger partial charge in [-0.15, -0.1) is 0 Å². The molecule has 0 aromatic carbocycles. The molecule has 1 unspecified atom stereocenters. The van der Waals surface area contributed by atoms with E-state index in [9.17, 15) is 4.79 Å². The van der Waals surface area contributed by atoms with Gasteiger partial charge in [-0.25, -0.2) is 4.98 Å². The highest BCUT2D eigenvalue weighted by molar-refractivity contribution is 6.29. The maximum absolute atomic E-state index is 12.0. The Bertz CT molecular complexity index is 463. The molecule has 18 heavy (non-hydrogen) atoms. The van der Waals surface area contributed by atoms with Crippen LogP contribution in [-0.4, -0.2) is 45.9 Å². The van der Waals surface area contributed by atoms with Gasteiger partial charge >= 0.3 is 0 Å². The molecule has 2 heterocycles. The van der Waals surface area contributed by atoms with Crippen molar-refractivity contribution in [1.29, 1.82) is 0 Å². The maximum atomic E-state index is 12.0. The molecule has 1 atom stereocenters. The molecule has 2 fully saturated rings. The van der Waals surface area contributed by atoms with Crippen LogP contribution in [0.2, 0.25) is 5.15 Å². The molecule has 1 saturated heterocycles. The van der Waals surface area contributed by atoms with Gasteiger partial charge in [0.15, 0.2) is 0 Å². The van der Waals surface area contributed by atoms with Crippen LogP contribution in [0, 0.1) is 0 Å². The standard InChI is InChI=1S/C12H15ClN4O/c13-11-6-14-5-10(16-11)12(18)15-8-3-4-17(7-8)9-1-2-9/h5-6,8-9H,1-4,7H2,(H,15,18). The lowest BCUT2D eigenvalue weighted by molar-refractivity contribution is 0.0932. The predicted octanol–water partition coefficient (Wildman–Crippen LogP) is 1.10. The summed E-state index contributed by atoms with van der Waals surface area (Å²) in [6.45, 7) is 2.03. The predicted molar refractivity (Wildman–Crippen MR) is 67.5 cm³/mol. The fourth-order valence-electron chi connectivity index (χ4n) is 2.39. The van der Waals surface area contributed by atoms with Crippen LogP contribution in [0.5, 0.6) is 0 Å². The molecule has 0 radical (unpaired) electrons. The van der Waals surface area contributed by atoms with Gasteiger partial charge in [-0.3, -0.25) is 14.7 Å². The van der Waals surface area contributed by atoms with Gasteiger partial charge in [0.05, 0.1) is 12.4 Å². The van der Waals surface area contributed by atoms with Gasteiger partial charge in [0.2, 0.25) is 0 Å². The first-order valence-electron chi connectivity index (χ1n) is 6.25. The van der Waals surface area contributed by atoms with Crippen molar-refractivity contribution in [2.45, 2.75) is 31.3 Å². The fraction of sp³-hybridized carbons (Fsp3) is 0.583. The zero-order valence-electron chi connectivity index (χ0n) is 9.97. The second-order valence-corrected chi connectivity index (χ2v) is 5.30. The number of aromatic nitrogens is 2. The van der Waals surface area contributed by atoms with E-state index in [1.54, 1.807) is 0 Å². The number of halogens is 1. The quantitative estimate of drug-likeness (QED) is 0.890.